The van der Waals surface area contributed by atoms with Crippen molar-refractivity contribution in [1.29, 1.82) is 0 Å². The average molecular weight is 585 g/mol. The van der Waals surface area contributed by atoms with Gasteiger partial charge in [0.2, 0.25) is 0 Å². The molecule has 0 fully saturated rings. The van der Waals surface area contributed by atoms with E-state index in [2.05, 4.69) is 10.6 Å². The van der Waals surface area contributed by atoms with Crippen molar-refractivity contribution in [3.8, 4) is 17.2 Å². The van der Waals surface area contributed by atoms with Crippen molar-refractivity contribution < 1.29 is 33.7 Å². The van der Waals surface area contributed by atoms with Gasteiger partial charge in [0.15, 0.2) is 5.78 Å². The SMILES string of the molecule is CC(C)(CNCCCC(=O)COc1ccccc1)NCC(O)c1cc(OC(=O)C(C)(C)C)cc(OC(=O)C(C)(C)C)c1. The van der Waals surface area contributed by atoms with Crippen LogP contribution >= 0.6 is 0 Å². The lowest BCUT2D eigenvalue weighted by molar-refractivity contribution is -0.143. The molecule has 0 aliphatic heterocycles. The van der Waals surface area contributed by atoms with Crippen LogP contribution in [-0.4, -0.2) is 54.6 Å². The molecule has 3 N–H and O–H groups in total. The quantitative estimate of drug-likeness (QED) is 0.151. The normalized spacial score (nSPS) is 12.9. The zero-order chi connectivity index (χ0) is 31.6. The number of Topliss-reactive ketones (excluding diaryl/α,β-unsaturated/α-hetero) is 1. The Labute approximate surface area is 250 Å². The van der Waals surface area contributed by atoms with Crippen molar-refractivity contribution >= 4 is 17.7 Å². The Balaban J connectivity index is 1.90. The number of esters is 2. The number of carbonyl (C=O) groups excluding carboxylic acids is 3. The predicted octanol–water partition coefficient (Wildman–Crippen LogP) is 5.01. The highest BCUT2D eigenvalue weighted by Gasteiger charge is 2.27. The molecule has 0 aromatic heterocycles. The molecule has 0 heterocycles. The van der Waals surface area contributed by atoms with Crippen LogP contribution in [0.4, 0.5) is 0 Å². The van der Waals surface area contributed by atoms with Gasteiger partial charge in [-0.1, -0.05) is 18.2 Å². The van der Waals surface area contributed by atoms with Gasteiger partial charge in [-0.25, -0.2) is 0 Å². The lowest BCUT2D eigenvalue weighted by Crippen LogP contribution is -2.49. The largest absolute Gasteiger partial charge is 0.486 e. The van der Waals surface area contributed by atoms with Crippen LogP contribution in [0, 0.1) is 10.8 Å². The van der Waals surface area contributed by atoms with E-state index in [0.29, 0.717) is 37.2 Å². The molecule has 1 atom stereocenters. The van der Waals surface area contributed by atoms with Gasteiger partial charge in [0.25, 0.3) is 0 Å². The summed E-state index contributed by atoms with van der Waals surface area (Å²) in [7, 11) is 0. The number of aliphatic hydroxyl groups is 1. The number of aliphatic hydroxyl groups excluding tert-OH is 1. The van der Waals surface area contributed by atoms with Crippen LogP contribution in [0.25, 0.3) is 0 Å². The van der Waals surface area contributed by atoms with Gasteiger partial charge >= 0.3 is 11.9 Å². The fraction of sp³-hybridized carbons (Fsp3) is 0.545. The van der Waals surface area contributed by atoms with Gasteiger partial charge in [-0.05, 0) is 98.2 Å². The van der Waals surface area contributed by atoms with E-state index in [9.17, 15) is 19.5 Å². The lowest BCUT2D eigenvalue weighted by atomic mass is 9.97. The highest BCUT2D eigenvalue weighted by molar-refractivity contribution is 5.80. The predicted molar refractivity (Wildman–Crippen MR) is 163 cm³/mol. The maximum absolute atomic E-state index is 12.5. The van der Waals surface area contributed by atoms with E-state index in [1.807, 2.05) is 44.2 Å². The van der Waals surface area contributed by atoms with Crippen LogP contribution in [-0.2, 0) is 14.4 Å². The summed E-state index contributed by atoms with van der Waals surface area (Å²) in [5, 5.41) is 17.7. The highest BCUT2D eigenvalue weighted by atomic mass is 16.5. The average Bonchev–Trinajstić information content (AvgIpc) is 2.89. The zero-order valence-electron chi connectivity index (χ0n) is 26.3. The second kappa shape index (κ2) is 15.3. The van der Waals surface area contributed by atoms with Crippen molar-refractivity contribution in [2.75, 3.05) is 26.2 Å². The summed E-state index contributed by atoms with van der Waals surface area (Å²) >= 11 is 0. The summed E-state index contributed by atoms with van der Waals surface area (Å²) in [6.07, 6.45) is 0.142. The molecule has 0 saturated carbocycles. The Morgan fingerprint density at radius 1 is 0.810 bits per heavy atom. The summed E-state index contributed by atoms with van der Waals surface area (Å²) < 4.78 is 16.6. The molecular formula is C33H48N2O7. The minimum atomic E-state index is -0.966. The Morgan fingerprint density at radius 2 is 1.36 bits per heavy atom. The first-order valence-corrected chi connectivity index (χ1v) is 14.4. The molecule has 0 aliphatic rings. The Kier molecular flexibility index (Phi) is 12.7. The molecule has 42 heavy (non-hydrogen) atoms. The monoisotopic (exact) mass is 584 g/mol. The number of rotatable bonds is 15. The van der Waals surface area contributed by atoms with Crippen molar-refractivity contribution in [2.24, 2.45) is 10.8 Å². The molecular weight excluding hydrogens is 536 g/mol. The van der Waals surface area contributed by atoms with Crippen molar-refractivity contribution in [1.82, 2.24) is 10.6 Å². The van der Waals surface area contributed by atoms with E-state index in [1.165, 1.54) is 6.07 Å². The van der Waals surface area contributed by atoms with Gasteiger partial charge in [-0.3, -0.25) is 14.4 Å². The first kappa shape index (κ1) is 34.9. The Bertz CT molecular complexity index is 1130. The number of nitrogens with one attached hydrogen (secondary N) is 2. The molecule has 232 valence electrons. The number of hydrogen-bond donors (Lipinski definition) is 3. The van der Waals surface area contributed by atoms with Crippen LogP contribution in [0.2, 0.25) is 0 Å². The molecule has 0 aliphatic carbocycles. The van der Waals surface area contributed by atoms with Crippen molar-refractivity contribution in [3.63, 3.8) is 0 Å². The molecule has 1 unspecified atom stereocenters. The Hall–Kier alpha value is -3.27. The lowest BCUT2D eigenvalue weighted by Gasteiger charge is -2.28. The minimum Gasteiger partial charge on any atom is -0.486 e. The molecule has 0 radical (unpaired) electrons. The van der Waals surface area contributed by atoms with Gasteiger partial charge < -0.3 is 30.0 Å². The molecule has 0 amide bonds. The third-order valence-corrected chi connectivity index (χ3v) is 6.23. The summed E-state index contributed by atoms with van der Waals surface area (Å²) in [6.45, 7) is 16.0. The third-order valence-electron chi connectivity index (χ3n) is 6.23. The maximum atomic E-state index is 12.5. The second-order valence-electron chi connectivity index (χ2n) is 13.2. The van der Waals surface area contributed by atoms with Crippen molar-refractivity contribution in [3.05, 3.63) is 54.1 Å². The molecule has 9 nitrogen and oxygen atoms in total. The molecule has 0 bridgehead atoms. The summed E-state index contributed by atoms with van der Waals surface area (Å²) in [4.78, 5) is 37.1. The smallest absolute Gasteiger partial charge is 0.316 e. The number of β-amino-alcohol motifs (C(OH)–C–C–N with tert-alkyl or cyclic N) is 1. The van der Waals surface area contributed by atoms with Crippen molar-refractivity contribution in [2.45, 2.75) is 79.9 Å². The fourth-order valence-corrected chi connectivity index (χ4v) is 3.54. The van der Waals surface area contributed by atoms with Gasteiger partial charge in [0.05, 0.1) is 16.9 Å². The molecule has 2 aromatic rings. The molecule has 0 spiro atoms. The van der Waals surface area contributed by atoms with Gasteiger partial charge in [0.1, 0.15) is 23.9 Å². The van der Waals surface area contributed by atoms with E-state index < -0.39 is 28.9 Å². The van der Waals surface area contributed by atoms with Gasteiger partial charge in [-0.2, -0.15) is 0 Å². The van der Waals surface area contributed by atoms with Crippen LogP contribution < -0.4 is 24.8 Å². The number of benzene rings is 2. The molecule has 9 heteroatoms. The summed E-state index contributed by atoms with van der Waals surface area (Å²) in [5.41, 5.74) is -1.41. The number of para-hydroxylation sites is 1. The molecule has 0 saturated heterocycles. The second-order valence-corrected chi connectivity index (χ2v) is 13.2. The maximum Gasteiger partial charge on any atom is 0.316 e. The minimum absolute atomic E-state index is 0.0455. The van der Waals surface area contributed by atoms with Crippen LogP contribution in [0.1, 0.15) is 79.9 Å². The first-order chi connectivity index (χ1) is 19.5. The van der Waals surface area contributed by atoms with Gasteiger partial charge in [-0.15, -0.1) is 0 Å². The van der Waals surface area contributed by atoms with E-state index in [1.54, 1.807) is 53.7 Å². The van der Waals surface area contributed by atoms with E-state index in [0.717, 1.165) is 0 Å². The van der Waals surface area contributed by atoms with Crippen LogP contribution in [0.15, 0.2) is 48.5 Å². The zero-order valence-corrected chi connectivity index (χ0v) is 26.3. The first-order valence-electron chi connectivity index (χ1n) is 14.4. The van der Waals surface area contributed by atoms with Crippen LogP contribution in [0.5, 0.6) is 17.2 Å². The number of hydrogen-bond acceptors (Lipinski definition) is 9. The number of ketones is 1. The standard InChI is InChI=1S/C33H48N2O7/c1-31(2,3)29(38)41-26-17-23(18-27(19-26)42-30(39)32(4,5)6)28(37)20-35-33(7,8)22-34-16-12-13-24(36)21-40-25-14-10-9-11-15-25/h9-11,14-15,17-19,28,34-35,37H,12-13,16,20-22H2,1-8H3. The fourth-order valence-electron chi connectivity index (χ4n) is 3.54. The molecule has 2 rings (SSSR count). The van der Waals surface area contributed by atoms with E-state index in [4.69, 9.17) is 14.2 Å². The molecule has 2 aromatic carbocycles. The van der Waals surface area contributed by atoms with E-state index >= 15 is 0 Å². The summed E-state index contributed by atoms with van der Waals surface area (Å²) in [6, 6.07) is 13.9. The van der Waals surface area contributed by atoms with Gasteiger partial charge in [0, 0.05) is 31.1 Å². The topological polar surface area (TPSA) is 123 Å². The van der Waals surface area contributed by atoms with Crippen LogP contribution in [0.3, 0.4) is 0 Å². The summed E-state index contributed by atoms with van der Waals surface area (Å²) in [5.74, 6) is 0.208. The van der Waals surface area contributed by atoms with E-state index in [-0.39, 0.29) is 36.0 Å². The number of carbonyl (C=O) groups is 3. The third kappa shape index (κ3) is 12.7. The number of ether oxygens (including phenoxy) is 3. The Morgan fingerprint density at radius 3 is 1.88 bits per heavy atom. The highest BCUT2D eigenvalue weighted by Crippen LogP contribution is 2.30.